The number of hydrogen-bond donors (Lipinski definition) is 1. The van der Waals surface area contributed by atoms with E-state index in [-0.39, 0.29) is 11.3 Å². The molecule has 3 heterocycles. The van der Waals surface area contributed by atoms with E-state index in [0.717, 1.165) is 15.1 Å². The molecule has 1 atom stereocenters. The highest BCUT2D eigenvalue weighted by Gasteiger charge is 2.48. The summed E-state index contributed by atoms with van der Waals surface area (Å²) in [6.07, 6.45) is 0. The van der Waals surface area contributed by atoms with Crippen LogP contribution in [0.25, 0.3) is 16.0 Å². The summed E-state index contributed by atoms with van der Waals surface area (Å²) in [7, 11) is 3.15. The van der Waals surface area contributed by atoms with Crippen LogP contribution in [0.2, 0.25) is 0 Å². The van der Waals surface area contributed by atoms with Crippen molar-refractivity contribution >= 4 is 55.5 Å². The average molecular weight is 493 g/mol. The van der Waals surface area contributed by atoms with Crippen molar-refractivity contribution in [3.63, 3.8) is 0 Å². The van der Waals surface area contributed by atoms with E-state index in [1.807, 2.05) is 36.6 Å². The van der Waals surface area contributed by atoms with Gasteiger partial charge in [-0.25, -0.2) is 4.98 Å². The number of aliphatic hydroxyl groups is 1. The van der Waals surface area contributed by atoms with E-state index in [4.69, 9.17) is 9.47 Å². The topological polar surface area (TPSA) is 89.0 Å². The number of fused-ring (bicyclic) bond motifs is 1. The lowest BCUT2D eigenvalue weighted by Gasteiger charge is -2.21. The minimum Gasteiger partial charge on any atom is -0.507 e. The fourth-order valence-electron chi connectivity index (χ4n) is 4.05. The third kappa shape index (κ3) is 3.53. The van der Waals surface area contributed by atoms with Gasteiger partial charge in [0.15, 0.2) is 5.13 Å². The van der Waals surface area contributed by atoms with E-state index in [0.29, 0.717) is 27.7 Å². The summed E-state index contributed by atoms with van der Waals surface area (Å²) in [5, 5.41) is 13.5. The van der Waals surface area contributed by atoms with Gasteiger partial charge in [-0.05, 0) is 60.3 Å². The zero-order valence-electron chi connectivity index (χ0n) is 18.6. The summed E-state index contributed by atoms with van der Waals surface area (Å²) in [6, 6.07) is 13.5. The molecule has 2 aromatic heterocycles. The molecule has 2 aromatic carbocycles. The van der Waals surface area contributed by atoms with Gasteiger partial charge in [0, 0.05) is 10.4 Å². The first-order chi connectivity index (χ1) is 16.4. The third-order valence-electron chi connectivity index (χ3n) is 5.72. The van der Waals surface area contributed by atoms with E-state index in [1.54, 1.807) is 38.5 Å². The molecule has 7 nitrogen and oxygen atoms in total. The Kier molecular flexibility index (Phi) is 5.59. The number of thiophene rings is 1. The molecule has 34 heavy (non-hydrogen) atoms. The maximum Gasteiger partial charge on any atom is 0.301 e. The van der Waals surface area contributed by atoms with Crippen LogP contribution in [-0.2, 0) is 9.59 Å². The molecule has 1 aliphatic rings. The number of ketones is 1. The second-order valence-corrected chi connectivity index (χ2v) is 9.69. The largest absolute Gasteiger partial charge is 0.507 e. The minimum atomic E-state index is -0.787. The molecule has 0 unspecified atom stereocenters. The summed E-state index contributed by atoms with van der Waals surface area (Å²) in [4.78, 5) is 33.3. The molecule has 0 bridgehead atoms. The molecule has 1 fully saturated rings. The van der Waals surface area contributed by atoms with Crippen LogP contribution in [0, 0.1) is 6.92 Å². The quantitative estimate of drug-likeness (QED) is 0.231. The number of thiazole rings is 1. The number of aryl methyl sites for hydroxylation is 1. The van der Waals surface area contributed by atoms with Crippen molar-refractivity contribution in [3.05, 3.63) is 75.5 Å². The average Bonchev–Trinajstić information content (AvgIpc) is 3.56. The molecule has 5 rings (SSSR count). The summed E-state index contributed by atoms with van der Waals surface area (Å²) in [5.41, 5.74) is 1.97. The Morgan fingerprint density at radius 3 is 2.59 bits per heavy atom. The van der Waals surface area contributed by atoms with E-state index >= 15 is 0 Å². The lowest BCUT2D eigenvalue weighted by atomic mass is 9.99. The second-order valence-electron chi connectivity index (χ2n) is 7.70. The number of ether oxygens (including phenoxy) is 2. The summed E-state index contributed by atoms with van der Waals surface area (Å²) in [6.45, 7) is 1.85. The Labute approximate surface area is 203 Å². The number of hydrogen-bond acceptors (Lipinski definition) is 8. The first-order valence-electron chi connectivity index (χ1n) is 10.4. The number of Topliss-reactive ketones (excluding diaryl/α,β-unsaturated/α-hetero) is 1. The van der Waals surface area contributed by atoms with Gasteiger partial charge in [-0.2, -0.15) is 0 Å². The molecule has 1 aliphatic heterocycles. The molecule has 9 heteroatoms. The highest BCUT2D eigenvalue weighted by Crippen LogP contribution is 2.45. The van der Waals surface area contributed by atoms with E-state index in [9.17, 15) is 14.7 Å². The van der Waals surface area contributed by atoms with Gasteiger partial charge in [-0.15, -0.1) is 11.3 Å². The van der Waals surface area contributed by atoms with Crippen molar-refractivity contribution in [2.75, 3.05) is 19.1 Å². The van der Waals surface area contributed by atoms with Gasteiger partial charge < -0.3 is 14.6 Å². The number of carbonyl (C=O) groups is 2. The fraction of sp³-hybridized carbons (Fsp3) is 0.160. The van der Waals surface area contributed by atoms with Crippen molar-refractivity contribution in [2.45, 2.75) is 13.0 Å². The second kappa shape index (κ2) is 8.58. The van der Waals surface area contributed by atoms with Crippen LogP contribution in [0.4, 0.5) is 5.13 Å². The number of aromatic nitrogens is 1. The van der Waals surface area contributed by atoms with Crippen LogP contribution in [0.3, 0.4) is 0 Å². The maximum atomic E-state index is 13.3. The third-order valence-corrected chi connectivity index (χ3v) is 7.66. The predicted octanol–water partition coefficient (Wildman–Crippen LogP) is 5.31. The number of nitrogens with zero attached hydrogens (tertiary/aromatic N) is 2. The van der Waals surface area contributed by atoms with Crippen LogP contribution in [0.15, 0.2) is 59.5 Å². The highest BCUT2D eigenvalue weighted by atomic mass is 32.1. The van der Waals surface area contributed by atoms with Gasteiger partial charge in [0.2, 0.25) is 0 Å². The minimum absolute atomic E-state index is 0.0360. The van der Waals surface area contributed by atoms with Gasteiger partial charge in [-0.3, -0.25) is 14.5 Å². The van der Waals surface area contributed by atoms with Crippen LogP contribution in [-0.4, -0.2) is 36.0 Å². The first-order valence-corrected chi connectivity index (χ1v) is 12.1. The first kappa shape index (κ1) is 22.1. The number of aliphatic hydroxyl groups excluding tert-OH is 1. The van der Waals surface area contributed by atoms with Gasteiger partial charge in [0.05, 0.1) is 30.0 Å². The molecular weight excluding hydrogens is 472 g/mol. The van der Waals surface area contributed by atoms with Gasteiger partial charge >= 0.3 is 5.91 Å². The smallest absolute Gasteiger partial charge is 0.301 e. The van der Waals surface area contributed by atoms with Gasteiger partial charge in [-0.1, -0.05) is 17.4 Å². The van der Waals surface area contributed by atoms with Crippen LogP contribution in [0.1, 0.15) is 22.0 Å². The number of anilines is 1. The van der Waals surface area contributed by atoms with Gasteiger partial charge in [0.1, 0.15) is 23.3 Å². The van der Waals surface area contributed by atoms with Crippen molar-refractivity contribution < 1.29 is 24.2 Å². The van der Waals surface area contributed by atoms with E-state index < -0.39 is 17.7 Å². The molecule has 0 aliphatic carbocycles. The molecule has 172 valence electrons. The zero-order chi connectivity index (χ0) is 24.0. The van der Waals surface area contributed by atoms with Crippen LogP contribution >= 0.6 is 22.7 Å². The molecule has 0 saturated carbocycles. The Morgan fingerprint density at radius 1 is 1.09 bits per heavy atom. The highest BCUT2D eigenvalue weighted by molar-refractivity contribution is 7.22. The zero-order valence-corrected chi connectivity index (χ0v) is 20.2. The summed E-state index contributed by atoms with van der Waals surface area (Å²) in [5.74, 6) is -0.364. The van der Waals surface area contributed by atoms with E-state index in [2.05, 4.69) is 4.98 Å². The van der Waals surface area contributed by atoms with Crippen molar-refractivity contribution in [1.82, 2.24) is 4.98 Å². The standard InChI is InChI=1S/C25H20N2O5S2/c1-13-11-14(6-9-17(13)32-3)22(28)20-21(18-5-4-10-33-18)27(24(30)23(20)29)25-26-16-8-7-15(31-2)12-19(16)34-25/h4-12,21,28H,1-3H3/b22-20+/t21-/m1/s1. The Balaban J connectivity index is 1.68. The molecule has 1 amide bonds. The van der Waals surface area contributed by atoms with Crippen molar-refractivity contribution in [2.24, 2.45) is 0 Å². The van der Waals surface area contributed by atoms with Gasteiger partial charge in [0.25, 0.3) is 5.78 Å². The predicted molar refractivity (Wildman–Crippen MR) is 133 cm³/mol. The lowest BCUT2D eigenvalue weighted by Crippen LogP contribution is -2.28. The number of amides is 1. The van der Waals surface area contributed by atoms with Crippen molar-refractivity contribution in [3.8, 4) is 11.5 Å². The molecule has 0 radical (unpaired) electrons. The Hall–Kier alpha value is -3.69. The number of benzene rings is 2. The SMILES string of the molecule is COc1ccc2nc(N3C(=O)C(=O)/C(=C(/O)c4ccc(OC)c(C)c4)[C@H]3c3cccs3)sc2c1. The fourth-order valence-corrected chi connectivity index (χ4v) is 5.89. The molecule has 1 saturated heterocycles. The number of carbonyl (C=O) groups excluding carboxylic acids is 2. The molecular formula is C25H20N2O5S2. The molecule has 0 spiro atoms. The molecule has 4 aromatic rings. The van der Waals surface area contributed by atoms with Crippen molar-refractivity contribution in [1.29, 1.82) is 0 Å². The summed E-state index contributed by atoms with van der Waals surface area (Å²) >= 11 is 2.70. The lowest BCUT2D eigenvalue weighted by molar-refractivity contribution is -0.132. The number of methoxy groups -OCH3 is 2. The van der Waals surface area contributed by atoms with E-state index in [1.165, 1.54) is 27.6 Å². The monoisotopic (exact) mass is 492 g/mol. The summed E-state index contributed by atoms with van der Waals surface area (Å²) < 4.78 is 11.4. The maximum absolute atomic E-state index is 13.3. The van der Waals surface area contributed by atoms with Crippen LogP contribution < -0.4 is 14.4 Å². The number of rotatable bonds is 5. The Morgan fingerprint density at radius 2 is 1.91 bits per heavy atom. The Bertz CT molecular complexity index is 1460. The normalized spacial score (nSPS) is 17.5. The van der Waals surface area contributed by atoms with Crippen LogP contribution in [0.5, 0.6) is 11.5 Å². The molecule has 1 N–H and O–H groups in total.